The molecular weight excluding hydrogens is 212 g/mol. The van der Waals surface area contributed by atoms with Crippen LogP contribution in [0.5, 0.6) is 0 Å². The van der Waals surface area contributed by atoms with Gasteiger partial charge in [0.25, 0.3) is 0 Å². The number of hydrogen-bond acceptors (Lipinski definition) is 3. The number of nitrogens with zero attached hydrogens (tertiary/aromatic N) is 2. The molecule has 1 aliphatic rings. The van der Waals surface area contributed by atoms with Crippen molar-refractivity contribution in [3.63, 3.8) is 0 Å². The average molecular weight is 238 g/mol. The van der Waals surface area contributed by atoms with Crippen molar-refractivity contribution in [3.05, 3.63) is 29.6 Å². The van der Waals surface area contributed by atoms with Gasteiger partial charge in [-0.05, 0) is 44.5 Å². The third-order valence-electron chi connectivity index (χ3n) is 2.58. The maximum atomic E-state index is 7.00. The Bertz CT molecular complexity index is 266. The molecular formula is C14H26N2O. The second kappa shape index (κ2) is 10.2. The molecule has 0 unspecified atom stereocenters. The summed E-state index contributed by atoms with van der Waals surface area (Å²) < 4.78 is 0. The van der Waals surface area contributed by atoms with E-state index >= 15 is 0 Å². The summed E-state index contributed by atoms with van der Waals surface area (Å²) in [7, 11) is 1.00. The molecule has 1 N–H and O–H groups in total. The summed E-state index contributed by atoms with van der Waals surface area (Å²) >= 11 is 0. The first-order valence-electron chi connectivity index (χ1n) is 6.43. The van der Waals surface area contributed by atoms with E-state index in [1.165, 1.54) is 31.5 Å². The van der Waals surface area contributed by atoms with E-state index in [-0.39, 0.29) is 0 Å². The van der Waals surface area contributed by atoms with Crippen LogP contribution in [0.1, 0.15) is 37.9 Å². The van der Waals surface area contributed by atoms with Crippen molar-refractivity contribution in [1.82, 2.24) is 9.88 Å². The fraction of sp³-hybridized carbons (Fsp3) is 0.643. The van der Waals surface area contributed by atoms with Gasteiger partial charge in [0.05, 0.1) is 0 Å². The van der Waals surface area contributed by atoms with Crippen LogP contribution in [0.25, 0.3) is 0 Å². The molecule has 0 spiro atoms. The van der Waals surface area contributed by atoms with Crippen LogP contribution in [0.4, 0.5) is 0 Å². The van der Waals surface area contributed by atoms with E-state index in [4.69, 9.17) is 5.11 Å². The van der Waals surface area contributed by atoms with E-state index in [1.54, 1.807) is 0 Å². The minimum Gasteiger partial charge on any atom is -0.400 e. The molecule has 2 heterocycles. The van der Waals surface area contributed by atoms with Crippen molar-refractivity contribution in [2.45, 2.75) is 40.2 Å². The average Bonchev–Trinajstić information content (AvgIpc) is 2.90. The van der Waals surface area contributed by atoms with Crippen molar-refractivity contribution >= 4 is 0 Å². The Morgan fingerprint density at radius 1 is 1.18 bits per heavy atom. The Hall–Kier alpha value is -0.930. The van der Waals surface area contributed by atoms with Crippen LogP contribution < -0.4 is 0 Å². The normalized spacial score (nSPS) is 14.4. The molecule has 1 aliphatic heterocycles. The van der Waals surface area contributed by atoms with E-state index in [1.807, 2.05) is 27.0 Å². The summed E-state index contributed by atoms with van der Waals surface area (Å²) in [6, 6.07) is 4.27. The van der Waals surface area contributed by atoms with Crippen molar-refractivity contribution in [2.24, 2.45) is 0 Å². The molecule has 0 aromatic carbocycles. The van der Waals surface area contributed by atoms with E-state index in [0.717, 1.165) is 19.3 Å². The van der Waals surface area contributed by atoms with Gasteiger partial charge < -0.3 is 5.11 Å². The number of aliphatic hydroxyl groups is 1. The van der Waals surface area contributed by atoms with E-state index < -0.39 is 0 Å². The molecule has 3 heteroatoms. The molecule has 0 atom stereocenters. The number of pyridine rings is 1. The SMILES string of the molecule is CC.CO.Cc1ccc(CN2CCCC2)cn1. The van der Waals surface area contributed by atoms with Gasteiger partial charge in [-0.3, -0.25) is 9.88 Å². The maximum absolute atomic E-state index is 7.00. The first kappa shape index (κ1) is 16.1. The third-order valence-corrected chi connectivity index (χ3v) is 2.58. The lowest BCUT2D eigenvalue weighted by molar-refractivity contribution is 0.331. The van der Waals surface area contributed by atoms with Gasteiger partial charge in [0.15, 0.2) is 0 Å². The minimum atomic E-state index is 1.00. The molecule has 1 aromatic rings. The first-order chi connectivity index (χ1) is 8.34. The Kier molecular flexibility index (Phi) is 9.68. The van der Waals surface area contributed by atoms with Gasteiger partial charge in [0.2, 0.25) is 0 Å². The molecule has 2 rings (SSSR count). The van der Waals surface area contributed by atoms with Crippen LogP contribution in [0.15, 0.2) is 18.3 Å². The summed E-state index contributed by atoms with van der Waals surface area (Å²) in [6.07, 6.45) is 4.71. The van der Waals surface area contributed by atoms with Crippen LogP contribution in [0, 0.1) is 6.92 Å². The monoisotopic (exact) mass is 238 g/mol. The van der Waals surface area contributed by atoms with Gasteiger partial charge in [0, 0.05) is 25.5 Å². The zero-order valence-electron chi connectivity index (χ0n) is 11.6. The van der Waals surface area contributed by atoms with Gasteiger partial charge >= 0.3 is 0 Å². The first-order valence-corrected chi connectivity index (χ1v) is 6.43. The minimum absolute atomic E-state index is 1.00. The van der Waals surface area contributed by atoms with Crippen LogP contribution in [-0.4, -0.2) is 35.2 Å². The van der Waals surface area contributed by atoms with Crippen LogP contribution >= 0.6 is 0 Å². The van der Waals surface area contributed by atoms with E-state index in [2.05, 4.69) is 22.0 Å². The Labute approximate surface area is 105 Å². The highest BCUT2D eigenvalue weighted by molar-refractivity contribution is 5.13. The molecule has 0 saturated carbocycles. The van der Waals surface area contributed by atoms with Gasteiger partial charge in [-0.15, -0.1) is 0 Å². The second-order valence-electron chi connectivity index (χ2n) is 3.79. The summed E-state index contributed by atoms with van der Waals surface area (Å²) in [4.78, 5) is 6.79. The number of likely N-dealkylation sites (tertiary alicyclic amines) is 1. The Balaban J connectivity index is 0.000000581. The van der Waals surface area contributed by atoms with Crippen LogP contribution in [0.3, 0.4) is 0 Å². The quantitative estimate of drug-likeness (QED) is 0.860. The summed E-state index contributed by atoms with van der Waals surface area (Å²) in [6.45, 7) is 9.62. The topological polar surface area (TPSA) is 36.4 Å². The van der Waals surface area contributed by atoms with Gasteiger partial charge in [-0.25, -0.2) is 0 Å². The number of rotatable bonds is 2. The highest BCUT2D eigenvalue weighted by Crippen LogP contribution is 2.11. The molecule has 1 saturated heterocycles. The molecule has 1 fully saturated rings. The van der Waals surface area contributed by atoms with Gasteiger partial charge in [-0.1, -0.05) is 19.9 Å². The number of aliphatic hydroxyl groups excluding tert-OH is 1. The molecule has 1 aromatic heterocycles. The molecule has 0 aliphatic carbocycles. The molecule has 98 valence electrons. The summed E-state index contributed by atoms with van der Waals surface area (Å²) in [5.41, 5.74) is 2.44. The third kappa shape index (κ3) is 6.39. The van der Waals surface area contributed by atoms with Crippen molar-refractivity contribution in [3.8, 4) is 0 Å². The van der Waals surface area contributed by atoms with Crippen molar-refractivity contribution < 1.29 is 5.11 Å². The summed E-state index contributed by atoms with van der Waals surface area (Å²) in [5, 5.41) is 7.00. The van der Waals surface area contributed by atoms with Crippen molar-refractivity contribution in [1.29, 1.82) is 0 Å². The Morgan fingerprint density at radius 3 is 2.24 bits per heavy atom. The summed E-state index contributed by atoms with van der Waals surface area (Å²) in [5.74, 6) is 0. The van der Waals surface area contributed by atoms with Crippen molar-refractivity contribution in [2.75, 3.05) is 20.2 Å². The highest BCUT2D eigenvalue weighted by atomic mass is 16.2. The number of hydrogen-bond donors (Lipinski definition) is 1. The number of aryl methyl sites for hydroxylation is 1. The standard InChI is InChI=1S/C11H16N2.C2H6.CH4O/c1-10-4-5-11(8-12-10)9-13-6-2-3-7-13;2*1-2/h4-5,8H,2-3,6-7,9H2,1H3;1-2H3;2H,1H3. The fourth-order valence-electron chi connectivity index (χ4n) is 1.79. The largest absolute Gasteiger partial charge is 0.400 e. The van der Waals surface area contributed by atoms with Crippen LogP contribution in [-0.2, 0) is 6.54 Å². The van der Waals surface area contributed by atoms with Gasteiger partial charge in [-0.2, -0.15) is 0 Å². The number of aromatic nitrogens is 1. The highest BCUT2D eigenvalue weighted by Gasteiger charge is 2.11. The lowest BCUT2D eigenvalue weighted by atomic mass is 10.2. The molecule has 0 radical (unpaired) electrons. The van der Waals surface area contributed by atoms with Crippen LogP contribution in [0.2, 0.25) is 0 Å². The molecule has 0 bridgehead atoms. The smallest absolute Gasteiger partial charge is 0.0372 e. The lowest BCUT2D eigenvalue weighted by Crippen LogP contribution is -2.18. The molecule has 3 nitrogen and oxygen atoms in total. The maximum Gasteiger partial charge on any atom is 0.0372 e. The predicted octanol–water partition coefficient (Wildman–Crippen LogP) is 2.62. The van der Waals surface area contributed by atoms with E-state index in [0.29, 0.717) is 0 Å². The molecule has 0 amide bonds. The predicted molar refractivity (Wildman–Crippen MR) is 73.0 cm³/mol. The lowest BCUT2D eigenvalue weighted by Gasteiger charge is -2.13. The zero-order valence-corrected chi connectivity index (χ0v) is 11.6. The fourth-order valence-corrected chi connectivity index (χ4v) is 1.79. The van der Waals surface area contributed by atoms with E-state index in [9.17, 15) is 0 Å². The molecule has 17 heavy (non-hydrogen) atoms. The van der Waals surface area contributed by atoms with Gasteiger partial charge in [0.1, 0.15) is 0 Å². The second-order valence-corrected chi connectivity index (χ2v) is 3.79. The Morgan fingerprint density at radius 2 is 1.76 bits per heavy atom. The zero-order chi connectivity index (χ0) is 13.1.